The fourth-order valence-electron chi connectivity index (χ4n) is 2.55. The minimum absolute atomic E-state index is 0.747. The van der Waals surface area contributed by atoms with Crippen LogP contribution in [0.4, 0.5) is 0 Å². The third-order valence-electron chi connectivity index (χ3n) is 3.69. The third-order valence-corrected chi connectivity index (χ3v) is 3.69. The number of benzene rings is 1. The van der Waals surface area contributed by atoms with Crippen molar-refractivity contribution < 1.29 is 0 Å². The Bertz CT molecular complexity index is 324. The van der Waals surface area contributed by atoms with Gasteiger partial charge in [0.1, 0.15) is 0 Å². The quantitative estimate of drug-likeness (QED) is 0.814. The molecule has 1 heteroatoms. The number of aryl methyl sites for hydroxylation is 1. The zero-order chi connectivity index (χ0) is 11.4. The van der Waals surface area contributed by atoms with E-state index in [1.807, 2.05) is 0 Å². The Morgan fingerprint density at radius 2 is 1.94 bits per heavy atom. The summed E-state index contributed by atoms with van der Waals surface area (Å²) in [6, 6.07) is 9.54. The Balaban J connectivity index is 1.79. The van der Waals surface area contributed by atoms with Crippen molar-refractivity contribution in [3.05, 3.63) is 35.4 Å². The van der Waals surface area contributed by atoms with Gasteiger partial charge in [-0.15, -0.1) is 0 Å². The first-order valence-corrected chi connectivity index (χ1v) is 6.53. The smallest absolute Gasteiger partial charge is 0.0208 e. The van der Waals surface area contributed by atoms with E-state index < -0.39 is 0 Å². The van der Waals surface area contributed by atoms with Gasteiger partial charge in [-0.3, -0.25) is 0 Å². The highest BCUT2D eigenvalue weighted by Gasteiger charge is 2.17. The lowest BCUT2D eigenvalue weighted by Gasteiger charge is -2.27. The maximum absolute atomic E-state index is 3.69. The van der Waals surface area contributed by atoms with E-state index in [4.69, 9.17) is 0 Å². The van der Waals surface area contributed by atoms with Crippen molar-refractivity contribution in [1.29, 1.82) is 0 Å². The first kappa shape index (κ1) is 11.7. The first-order chi connectivity index (χ1) is 7.74. The second kappa shape index (κ2) is 5.49. The van der Waals surface area contributed by atoms with Crippen LogP contribution >= 0.6 is 0 Å². The molecule has 1 aromatic carbocycles. The summed E-state index contributed by atoms with van der Waals surface area (Å²) in [5.74, 6) is 0.942. The van der Waals surface area contributed by atoms with Crippen LogP contribution in [-0.4, -0.2) is 6.04 Å². The summed E-state index contributed by atoms with van der Waals surface area (Å²) < 4.78 is 0. The molecule has 0 heterocycles. The van der Waals surface area contributed by atoms with Gasteiger partial charge >= 0.3 is 0 Å². The molecule has 0 saturated heterocycles. The van der Waals surface area contributed by atoms with Gasteiger partial charge in [-0.2, -0.15) is 0 Å². The van der Waals surface area contributed by atoms with Gasteiger partial charge in [-0.25, -0.2) is 0 Å². The Morgan fingerprint density at radius 3 is 2.62 bits per heavy atom. The fraction of sp³-hybridized carbons (Fsp3) is 0.600. The third kappa shape index (κ3) is 3.34. The molecular formula is C15H23N. The Kier molecular flexibility index (Phi) is 4.00. The highest BCUT2D eigenvalue weighted by atomic mass is 14.9. The average molecular weight is 217 g/mol. The molecule has 0 radical (unpaired) electrons. The summed E-state index contributed by atoms with van der Waals surface area (Å²) in [6.07, 6.45) is 5.50. The Morgan fingerprint density at radius 1 is 1.19 bits per heavy atom. The molecule has 2 rings (SSSR count). The van der Waals surface area contributed by atoms with Gasteiger partial charge in [-0.05, 0) is 44.1 Å². The molecule has 1 N–H and O–H groups in total. The molecule has 1 aliphatic carbocycles. The van der Waals surface area contributed by atoms with Crippen molar-refractivity contribution in [3.63, 3.8) is 0 Å². The zero-order valence-electron chi connectivity index (χ0n) is 10.5. The molecular weight excluding hydrogens is 194 g/mol. The molecule has 1 saturated carbocycles. The van der Waals surface area contributed by atoms with E-state index in [2.05, 4.69) is 43.4 Å². The second-order valence-electron chi connectivity index (χ2n) is 5.33. The van der Waals surface area contributed by atoms with Crippen molar-refractivity contribution >= 4 is 0 Å². The van der Waals surface area contributed by atoms with Crippen LogP contribution in [0, 0.1) is 12.8 Å². The lowest BCUT2D eigenvalue weighted by Crippen LogP contribution is -2.32. The van der Waals surface area contributed by atoms with Crippen molar-refractivity contribution in [1.82, 2.24) is 5.32 Å². The molecule has 1 nitrogen and oxygen atoms in total. The molecule has 0 bridgehead atoms. The van der Waals surface area contributed by atoms with Gasteiger partial charge < -0.3 is 5.32 Å². The lowest BCUT2D eigenvalue weighted by atomic mass is 9.87. The molecule has 88 valence electrons. The predicted molar refractivity (Wildman–Crippen MR) is 69.4 cm³/mol. The van der Waals surface area contributed by atoms with Gasteiger partial charge in [0, 0.05) is 12.6 Å². The van der Waals surface area contributed by atoms with Crippen LogP contribution in [0.1, 0.15) is 43.7 Å². The summed E-state index contributed by atoms with van der Waals surface area (Å²) in [5.41, 5.74) is 2.77. The molecule has 1 aromatic rings. The number of hydrogen-bond donors (Lipinski definition) is 1. The number of nitrogens with one attached hydrogen (secondary N) is 1. The van der Waals surface area contributed by atoms with Gasteiger partial charge in [-0.1, -0.05) is 36.8 Å². The van der Waals surface area contributed by atoms with Crippen molar-refractivity contribution in [3.8, 4) is 0 Å². The van der Waals surface area contributed by atoms with Crippen LogP contribution in [0.5, 0.6) is 0 Å². The van der Waals surface area contributed by atoms with Crippen LogP contribution in [0.15, 0.2) is 24.3 Å². The van der Waals surface area contributed by atoms with E-state index >= 15 is 0 Å². The fourth-order valence-corrected chi connectivity index (χ4v) is 2.55. The molecule has 0 unspecified atom stereocenters. The van der Waals surface area contributed by atoms with Crippen molar-refractivity contribution in [2.45, 2.75) is 52.1 Å². The normalized spacial score (nSPS) is 25.6. The molecule has 1 fully saturated rings. The van der Waals surface area contributed by atoms with E-state index in [1.54, 1.807) is 0 Å². The van der Waals surface area contributed by atoms with Crippen molar-refractivity contribution in [2.24, 2.45) is 5.92 Å². The highest BCUT2D eigenvalue weighted by molar-refractivity contribution is 5.22. The first-order valence-electron chi connectivity index (χ1n) is 6.53. The van der Waals surface area contributed by atoms with Crippen LogP contribution in [0.25, 0.3) is 0 Å². The summed E-state index contributed by atoms with van der Waals surface area (Å²) >= 11 is 0. The molecule has 0 atom stereocenters. The zero-order valence-corrected chi connectivity index (χ0v) is 10.5. The number of rotatable bonds is 3. The molecule has 0 spiro atoms. The standard InChI is InChI=1S/C15H23N/c1-12-6-8-15(9-7-12)16-11-14-5-3-4-13(2)10-14/h3-5,10,12,15-16H,6-9,11H2,1-2H3. The summed E-state index contributed by atoms with van der Waals surface area (Å²) in [6.45, 7) is 5.56. The lowest BCUT2D eigenvalue weighted by molar-refractivity contribution is 0.306. The van der Waals surface area contributed by atoms with Crippen LogP contribution in [-0.2, 0) is 6.54 Å². The van der Waals surface area contributed by atoms with Gasteiger partial charge in [0.15, 0.2) is 0 Å². The maximum atomic E-state index is 3.69. The largest absolute Gasteiger partial charge is 0.310 e. The minimum Gasteiger partial charge on any atom is -0.310 e. The second-order valence-corrected chi connectivity index (χ2v) is 5.33. The van der Waals surface area contributed by atoms with Crippen LogP contribution in [0.3, 0.4) is 0 Å². The SMILES string of the molecule is Cc1cccc(CNC2CCC(C)CC2)c1. The Hall–Kier alpha value is -0.820. The molecule has 16 heavy (non-hydrogen) atoms. The van der Waals surface area contributed by atoms with E-state index in [-0.39, 0.29) is 0 Å². The minimum atomic E-state index is 0.747. The molecule has 0 aromatic heterocycles. The summed E-state index contributed by atoms with van der Waals surface area (Å²) in [4.78, 5) is 0. The topological polar surface area (TPSA) is 12.0 Å². The van der Waals surface area contributed by atoms with E-state index in [0.717, 1.165) is 18.5 Å². The van der Waals surface area contributed by atoms with Gasteiger partial charge in [0.05, 0.1) is 0 Å². The Labute approximate surface area is 99.3 Å². The van der Waals surface area contributed by atoms with Gasteiger partial charge in [0.2, 0.25) is 0 Å². The van der Waals surface area contributed by atoms with Gasteiger partial charge in [0.25, 0.3) is 0 Å². The van der Waals surface area contributed by atoms with Crippen LogP contribution in [0.2, 0.25) is 0 Å². The van der Waals surface area contributed by atoms with Crippen LogP contribution < -0.4 is 5.32 Å². The predicted octanol–water partition coefficient (Wildman–Crippen LogP) is 3.66. The molecule has 1 aliphatic rings. The van der Waals surface area contributed by atoms with E-state index in [9.17, 15) is 0 Å². The van der Waals surface area contributed by atoms with E-state index in [1.165, 1.54) is 36.8 Å². The monoisotopic (exact) mass is 217 g/mol. The molecule has 0 aliphatic heterocycles. The highest BCUT2D eigenvalue weighted by Crippen LogP contribution is 2.23. The maximum Gasteiger partial charge on any atom is 0.0208 e. The molecule has 0 amide bonds. The van der Waals surface area contributed by atoms with Crippen molar-refractivity contribution in [2.75, 3.05) is 0 Å². The summed E-state index contributed by atoms with van der Waals surface area (Å²) in [7, 11) is 0. The van der Waals surface area contributed by atoms with E-state index in [0.29, 0.717) is 0 Å². The number of hydrogen-bond acceptors (Lipinski definition) is 1. The average Bonchev–Trinajstić information content (AvgIpc) is 2.28. The summed E-state index contributed by atoms with van der Waals surface area (Å²) in [5, 5.41) is 3.69.